The van der Waals surface area contributed by atoms with Gasteiger partial charge in [0.05, 0.1) is 5.56 Å². The maximum Gasteiger partial charge on any atom is 0.435 e. The van der Waals surface area contributed by atoms with Gasteiger partial charge in [0.15, 0.2) is 0 Å². The van der Waals surface area contributed by atoms with Gasteiger partial charge in [-0.2, -0.15) is 4.99 Å². The Morgan fingerprint density at radius 3 is 2.50 bits per heavy atom. The standard InChI is InChI=1S/C16H16FN3O2/c17-14-8-12(9-18)6-7-13(14)15(19)20-16(21)22-10-11-4-2-1-3-5-11/h1-8H,9-10,18H2,(H2,19,20,21). The summed E-state index contributed by atoms with van der Waals surface area (Å²) in [7, 11) is 0. The summed E-state index contributed by atoms with van der Waals surface area (Å²) in [5.74, 6) is -0.820. The van der Waals surface area contributed by atoms with Gasteiger partial charge >= 0.3 is 6.09 Å². The third-order valence-corrected chi connectivity index (χ3v) is 2.96. The van der Waals surface area contributed by atoms with Gasteiger partial charge < -0.3 is 16.2 Å². The number of aliphatic imine (C=N–C) groups is 1. The minimum Gasteiger partial charge on any atom is -0.443 e. The van der Waals surface area contributed by atoms with Crippen molar-refractivity contribution in [3.63, 3.8) is 0 Å². The summed E-state index contributed by atoms with van der Waals surface area (Å²) >= 11 is 0. The van der Waals surface area contributed by atoms with E-state index in [1.54, 1.807) is 6.07 Å². The summed E-state index contributed by atoms with van der Waals surface area (Å²) < 4.78 is 18.8. The molecule has 0 unspecified atom stereocenters. The van der Waals surface area contributed by atoms with Crippen LogP contribution >= 0.6 is 0 Å². The molecule has 2 rings (SSSR count). The van der Waals surface area contributed by atoms with E-state index < -0.39 is 11.9 Å². The molecule has 0 spiro atoms. The van der Waals surface area contributed by atoms with Crippen LogP contribution in [0.25, 0.3) is 0 Å². The van der Waals surface area contributed by atoms with Crippen LogP contribution in [-0.4, -0.2) is 11.9 Å². The van der Waals surface area contributed by atoms with Gasteiger partial charge in [0.25, 0.3) is 0 Å². The van der Waals surface area contributed by atoms with Crippen molar-refractivity contribution in [2.75, 3.05) is 0 Å². The molecule has 0 bridgehead atoms. The molecule has 2 aromatic rings. The lowest BCUT2D eigenvalue weighted by molar-refractivity contribution is 0.151. The highest BCUT2D eigenvalue weighted by Crippen LogP contribution is 2.10. The average molecular weight is 301 g/mol. The largest absolute Gasteiger partial charge is 0.443 e. The zero-order chi connectivity index (χ0) is 15.9. The first-order valence-corrected chi connectivity index (χ1v) is 6.64. The first-order chi connectivity index (χ1) is 10.6. The number of nitrogens with two attached hydrogens (primary N) is 2. The molecule has 4 N–H and O–H groups in total. The molecular weight excluding hydrogens is 285 g/mol. The van der Waals surface area contributed by atoms with Crippen molar-refractivity contribution in [1.82, 2.24) is 0 Å². The number of rotatable bonds is 4. The fourth-order valence-corrected chi connectivity index (χ4v) is 1.80. The molecule has 22 heavy (non-hydrogen) atoms. The van der Waals surface area contributed by atoms with Gasteiger partial charge in [-0.1, -0.05) is 36.4 Å². The van der Waals surface area contributed by atoms with Crippen LogP contribution < -0.4 is 11.5 Å². The molecule has 0 aliphatic heterocycles. The Bertz CT molecular complexity index is 687. The lowest BCUT2D eigenvalue weighted by atomic mass is 10.1. The van der Waals surface area contributed by atoms with Crippen LogP contribution in [-0.2, 0) is 17.9 Å². The SMILES string of the molecule is NCc1ccc(C(N)=NC(=O)OCc2ccccc2)c(F)c1. The highest BCUT2D eigenvalue weighted by atomic mass is 19.1. The number of nitrogens with zero attached hydrogens (tertiary/aromatic N) is 1. The van der Waals surface area contributed by atoms with Crippen LogP contribution in [0.5, 0.6) is 0 Å². The predicted octanol–water partition coefficient (Wildman–Crippen LogP) is 2.33. The molecule has 0 saturated carbocycles. The van der Waals surface area contributed by atoms with Crippen LogP contribution in [0.2, 0.25) is 0 Å². The number of halogens is 1. The molecule has 0 aliphatic carbocycles. The minimum absolute atomic E-state index is 0.0360. The summed E-state index contributed by atoms with van der Waals surface area (Å²) in [5.41, 5.74) is 12.5. The van der Waals surface area contributed by atoms with E-state index in [0.717, 1.165) is 5.56 Å². The van der Waals surface area contributed by atoms with Gasteiger partial charge in [0.1, 0.15) is 18.3 Å². The zero-order valence-corrected chi connectivity index (χ0v) is 11.8. The Kier molecular flexibility index (Phi) is 5.21. The van der Waals surface area contributed by atoms with E-state index in [-0.39, 0.29) is 24.6 Å². The molecule has 0 saturated heterocycles. The molecule has 0 atom stereocenters. The lowest BCUT2D eigenvalue weighted by Crippen LogP contribution is -2.18. The van der Waals surface area contributed by atoms with Crippen molar-refractivity contribution in [3.05, 3.63) is 71.0 Å². The number of carbonyl (C=O) groups is 1. The molecule has 2 aromatic carbocycles. The monoisotopic (exact) mass is 301 g/mol. The molecule has 0 aromatic heterocycles. The van der Waals surface area contributed by atoms with Crippen molar-refractivity contribution in [1.29, 1.82) is 0 Å². The maximum atomic E-state index is 13.8. The van der Waals surface area contributed by atoms with E-state index >= 15 is 0 Å². The van der Waals surface area contributed by atoms with Gasteiger partial charge in [0, 0.05) is 6.54 Å². The van der Waals surface area contributed by atoms with Crippen LogP contribution in [0.3, 0.4) is 0 Å². The fourth-order valence-electron chi connectivity index (χ4n) is 1.80. The third-order valence-electron chi connectivity index (χ3n) is 2.96. The molecule has 0 heterocycles. The van der Waals surface area contributed by atoms with Gasteiger partial charge in [-0.05, 0) is 23.3 Å². The molecule has 114 valence electrons. The molecule has 6 heteroatoms. The average Bonchev–Trinajstić information content (AvgIpc) is 2.53. The molecule has 0 aliphatic rings. The van der Waals surface area contributed by atoms with E-state index in [0.29, 0.717) is 5.56 Å². The number of amidine groups is 1. The van der Waals surface area contributed by atoms with Crippen molar-refractivity contribution < 1.29 is 13.9 Å². The molecule has 1 amide bonds. The second kappa shape index (κ2) is 7.33. The van der Waals surface area contributed by atoms with Crippen molar-refractivity contribution in [2.45, 2.75) is 13.2 Å². The van der Waals surface area contributed by atoms with Crippen LogP contribution in [0.15, 0.2) is 53.5 Å². The van der Waals surface area contributed by atoms with Crippen LogP contribution in [0, 0.1) is 5.82 Å². The van der Waals surface area contributed by atoms with Gasteiger partial charge in [0.2, 0.25) is 0 Å². The Balaban J connectivity index is 2.03. The Hall–Kier alpha value is -2.73. The van der Waals surface area contributed by atoms with Crippen molar-refractivity contribution in [2.24, 2.45) is 16.5 Å². The number of hydrogen-bond acceptors (Lipinski definition) is 3. The topological polar surface area (TPSA) is 90.7 Å². The first kappa shape index (κ1) is 15.7. The van der Waals surface area contributed by atoms with Crippen molar-refractivity contribution >= 4 is 11.9 Å². The molecular formula is C16H16FN3O2. The molecule has 0 fully saturated rings. The van der Waals surface area contributed by atoms with E-state index in [2.05, 4.69) is 4.99 Å². The summed E-state index contributed by atoms with van der Waals surface area (Å²) in [5, 5.41) is 0. The van der Waals surface area contributed by atoms with E-state index in [1.807, 2.05) is 30.3 Å². The van der Waals surface area contributed by atoms with E-state index in [4.69, 9.17) is 16.2 Å². The van der Waals surface area contributed by atoms with Gasteiger partial charge in [-0.15, -0.1) is 0 Å². The van der Waals surface area contributed by atoms with Gasteiger partial charge in [-0.3, -0.25) is 0 Å². The van der Waals surface area contributed by atoms with Crippen LogP contribution in [0.4, 0.5) is 9.18 Å². The number of carbonyl (C=O) groups excluding carboxylic acids is 1. The van der Waals surface area contributed by atoms with Gasteiger partial charge in [-0.25, -0.2) is 9.18 Å². The molecule has 0 radical (unpaired) electrons. The Morgan fingerprint density at radius 2 is 1.86 bits per heavy atom. The number of benzene rings is 2. The first-order valence-electron chi connectivity index (χ1n) is 6.64. The second-order valence-corrected chi connectivity index (χ2v) is 4.56. The highest BCUT2D eigenvalue weighted by molar-refractivity contribution is 6.02. The summed E-state index contributed by atoms with van der Waals surface area (Å²) in [6.07, 6.45) is -0.872. The Labute approximate surface area is 127 Å². The summed E-state index contributed by atoms with van der Waals surface area (Å²) in [6.45, 7) is 0.290. The second-order valence-electron chi connectivity index (χ2n) is 4.56. The molecule has 5 nitrogen and oxygen atoms in total. The summed E-state index contributed by atoms with van der Waals surface area (Å²) in [6, 6.07) is 13.4. The Morgan fingerprint density at radius 1 is 1.14 bits per heavy atom. The smallest absolute Gasteiger partial charge is 0.435 e. The predicted molar refractivity (Wildman–Crippen MR) is 81.6 cm³/mol. The van der Waals surface area contributed by atoms with Crippen molar-refractivity contribution in [3.8, 4) is 0 Å². The summed E-state index contributed by atoms with van der Waals surface area (Å²) in [4.78, 5) is 15.1. The number of hydrogen-bond donors (Lipinski definition) is 2. The lowest BCUT2D eigenvalue weighted by Gasteiger charge is -2.05. The van der Waals surface area contributed by atoms with E-state index in [1.165, 1.54) is 12.1 Å². The zero-order valence-electron chi connectivity index (χ0n) is 11.8. The quantitative estimate of drug-likeness (QED) is 0.670. The number of ether oxygens (including phenoxy) is 1. The van der Waals surface area contributed by atoms with E-state index in [9.17, 15) is 9.18 Å². The minimum atomic E-state index is -0.872. The maximum absolute atomic E-state index is 13.8. The normalized spacial score (nSPS) is 11.3. The number of amides is 1. The third kappa shape index (κ3) is 4.13. The van der Waals surface area contributed by atoms with Crippen LogP contribution in [0.1, 0.15) is 16.7 Å². The fraction of sp³-hybridized carbons (Fsp3) is 0.125. The highest BCUT2D eigenvalue weighted by Gasteiger charge is 2.10.